The number of thiazole rings is 3. The number of carbonyl (C=O) groups is 4. The molecule has 4 unspecified atom stereocenters. The van der Waals surface area contributed by atoms with Crippen molar-refractivity contribution in [2.24, 2.45) is 15.0 Å². The summed E-state index contributed by atoms with van der Waals surface area (Å²) in [7, 11) is 0. The average Bonchev–Trinajstić information content (AvgIpc) is 1.37. The number of esters is 3. The van der Waals surface area contributed by atoms with Crippen LogP contribution in [-0.2, 0) is 54.7 Å². The molecule has 4 atom stereocenters. The Morgan fingerprint density at radius 3 is 1.34 bits per heavy atom. The van der Waals surface area contributed by atoms with Gasteiger partial charge in [-0.05, 0) is 108 Å². The van der Waals surface area contributed by atoms with E-state index in [0.29, 0.717) is 77.8 Å². The van der Waals surface area contributed by atoms with Crippen LogP contribution in [0.3, 0.4) is 0 Å². The van der Waals surface area contributed by atoms with Crippen molar-refractivity contribution in [3.05, 3.63) is 191 Å². The third-order valence-electron chi connectivity index (χ3n) is 14.4. The van der Waals surface area contributed by atoms with Crippen LogP contribution >= 0.6 is 49.9 Å². The number of benzene rings is 3. The number of hydrogen-bond acceptors (Lipinski definition) is 21. The molecule has 4 N–H and O–H groups in total. The molecule has 0 amide bonds. The van der Waals surface area contributed by atoms with Gasteiger partial charge in [0.2, 0.25) is 0 Å². The number of nitrogens with one attached hydrogen (secondary N) is 3. The number of hydrogen-bond donors (Lipinski definition) is 4. The highest BCUT2D eigenvalue weighted by Crippen LogP contribution is 2.43. The number of aliphatic carboxylic acids is 1. The van der Waals surface area contributed by atoms with E-state index in [0.717, 1.165) is 5.01 Å². The molecule has 19 nitrogen and oxygen atoms in total. The number of carboxylic acids is 1. The highest BCUT2D eigenvalue weighted by atomic mass is 79.9. The quantitative estimate of drug-likeness (QED) is 0.0271. The maximum atomic E-state index is 14.9. The zero-order valence-corrected chi connectivity index (χ0v) is 53.2. The van der Waals surface area contributed by atoms with Crippen molar-refractivity contribution in [3.63, 3.8) is 0 Å². The topological polar surface area (TPSA) is 241 Å². The summed E-state index contributed by atoms with van der Waals surface area (Å²) in [6, 6.07) is 17.5. The molecular weight excluding hydrogens is 1290 g/mol. The molecule has 0 radical (unpaired) electrons. The van der Waals surface area contributed by atoms with Gasteiger partial charge < -0.3 is 40.0 Å². The number of rotatable bonds is 18. The van der Waals surface area contributed by atoms with Crippen LogP contribution in [0.1, 0.15) is 86.6 Å². The van der Waals surface area contributed by atoms with E-state index in [4.69, 9.17) is 39.0 Å². The summed E-state index contributed by atoms with van der Waals surface area (Å²) in [4.78, 5) is 78.1. The van der Waals surface area contributed by atoms with Crippen molar-refractivity contribution in [2.75, 3.05) is 51.4 Å². The van der Waals surface area contributed by atoms with Crippen LogP contribution in [0.25, 0.3) is 0 Å². The minimum atomic E-state index is -3.32. The Labute approximate surface area is 529 Å². The SMILES string of the molecule is CCOC(=O)C1=C(C)NC(c2nccs2)=NC1(C)c1ccc(F)cc1.CCOC(=O)C1=C(CBr)NC(c2nccs2)=NC1(C)c1ccc(F)cc1.CCOC(=O)C1=C(CN2CCC(OCC(=O)O)C(F)(F)C2)NC(c2nccs2)=NC1(C)c1ccc(F)cc1. The molecule has 1 saturated heterocycles. The molecule has 28 heteroatoms. The van der Waals surface area contributed by atoms with Gasteiger partial charge in [-0.3, -0.25) is 4.90 Å². The predicted octanol–water partition coefficient (Wildman–Crippen LogP) is 10.3. The Hall–Kier alpha value is -7.89. The van der Waals surface area contributed by atoms with E-state index >= 15 is 0 Å². The van der Waals surface area contributed by atoms with E-state index < -0.39 is 71.5 Å². The van der Waals surface area contributed by atoms with E-state index in [-0.39, 0.29) is 56.5 Å². The van der Waals surface area contributed by atoms with E-state index in [2.05, 4.69) is 46.8 Å². The number of aromatic nitrogens is 3. The van der Waals surface area contributed by atoms with Crippen LogP contribution in [0.15, 0.2) is 156 Å². The van der Waals surface area contributed by atoms with Crippen LogP contribution < -0.4 is 16.0 Å². The molecule has 89 heavy (non-hydrogen) atoms. The third-order valence-corrected chi connectivity index (χ3v) is 17.3. The number of alkyl halides is 3. The largest absolute Gasteiger partial charge is 0.480 e. The van der Waals surface area contributed by atoms with Gasteiger partial charge in [0.05, 0.1) is 43.1 Å². The maximum absolute atomic E-state index is 14.9. The summed E-state index contributed by atoms with van der Waals surface area (Å²) in [6.07, 6.45) is 3.33. The van der Waals surface area contributed by atoms with Gasteiger partial charge in [-0.25, -0.2) is 71.1 Å². The second-order valence-corrected chi connectivity index (χ2v) is 23.7. The Kier molecular flexibility index (Phi) is 22.0. The van der Waals surface area contributed by atoms with Gasteiger partial charge in [0.25, 0.3) is 5.92 Å². The summed E-state index contributed by atoms with van der Waals surface area (Å²) in [5.74, 6) is -5.91. The fraction of sp³-hybridized carbons (Fsp3) is 0.344. The van der Waals surface area contributed by atoms with Gasteiger partial charge in [-0.15, -0.1) is 34.0 Å². The number of piperidine rings is 1. The van der Waals surface area contributed by atoms with E-state index in [1.54, 1.807) is 82.9 Å². The van der Waals surface area contributed by atoms with E-state index in [9.17, 15) is 41.1 Å². The van der Waals surface area contributed by atoms with Gasteiger partial charge in [-0.1, -0.05) is 52.3 Å². The molecule has 3 aromatic heterocycles. The summed E-state index contributed by atoms with van der Waals surface area (Å²) < 4.78 is 91.1. The zero-order chi connectivity index (χ0) is 64.3. The van der Waals surface area contributed by atoms with Crippen LogP contribution in [0.4, 0.5) is 22.0 Å². The Balaban J connectivity index is 0.000000178. The number of carbonyl (C=O) groups excluding carboxylic acids is 3. The number of halogens is 6. The van der Waals surface area contributed by atoms with Crippen molar-refractivity contribution in [1.82, 2.24) is 35.8 Å². The van der Waals surface area contributed by atoms with E-state index in [1.165, 1.54) is 87.4 Å². The molecule has 0 saturated carbocycles. The Bertz CT molecular complexity index is 3700. The number of amidine groups is 3. The zero-order valence-electron chi connectivity index (χ0n) is 49.2. The first-order valence-electron chi connectivity index (χ1n) is 27.8. The second-order valence-electron chi connectivity index (χ2n) is 20.5. The molecule has 4 aliphatic heterocycles. The number of aliphatic imine (C=N–C) groups is 3. The Morgan fingerprint density at radius 1 is 0.607 bits per heavy atom. The van der Waals surface area contributed by atoms with E-state index in [1.807, 2.05) is 24.6 Å². The minimum Gasteiger partial charge on any atom is -0.480 e. The lowest BCUT2D eigenvalue weighted by atomic mass is 9.82. The summed E-state index contributed by atoms with van der Waals surface area (Å²) in [5.41, 5.74) is 1.02. The summed E-state index contributed by atoms with van der Waals surface area (Å²) in [5, 5.41) is 26.1. The number of ether oxygens (including phenoxy) is 4. The fourth-order valence-corrected chi connectivity index (χ4v) is 12.5. The third kappa shape index (κ3) is 15.4. The van der Waals surface area contributed by atoms with Gasteiger partial charge in [0, 0.05) is 70.2 Å². The first-order chi connectivity index (χ1) is 42.5. The van der Waals surface area contributed by atoms with Crippen LogP contribution in [0.2, 0.25) is 0 Å². The standard InChI is InChI=1S/C25H27F3N4O5S.C18H17BrFN3O2S.C18H18FN3O2S/c1-3-36-23(35)20-17(12-32-10-8-18(25(27,28)14-32)37-13-19(33)34)30-21(22-29-9-11-38-22)31-24(20,2)15-4-6-16(26)7-5-15;1-3-25-17(24)14-13(10-19)22-15(16-21-8-9-26-16)23-18(14,2)11-4-6-12(20)7-5-11;1-4-24-17(23)14-11(2)21-15(16-20-9-10-25-16)22-18(14,3)12-5-7-13(19)8-6-12/h4-7,9,11,18H,3,8,10,12-14H2,1-2H3,(H,30,31)(H,33,34);4-9H,3,10H2,1-2H3,(H,22,23);5-10H,4H2,1-3H3,(H,21,22). The summed E-state index contributed by atoms with van der Waals surface area (Å²) >= 11 is 7.63. The fourth-order valence-electron chi connectivity index (χ4n) is 10.4. The molecule has 0 spiro atoms. The molecule has 0 aliphatic carbocycles. The average molecular weight is 1350 g/mol. The molecule has 3 aromatic carbocycles. The highest BCUT2D eigenvalue weighted by Gasteiger charge is 2.49. The monoisotopic (exact) mass is 1350 g/mol. The minimum absolute atomic E-state index is 0.0720. The van der Waals surface area contributed by atoms with Crippen molar-refractivity contribution < 1.29 is 65.2 Å². The molecule has 0 bridgehead atoms. The normalized spacial score (nSPS) is 21.4. The van der Waals surface area contributed by atoms with Crippen LogP contribution in [0.5, 0.6) is 0 Å². The lowest BCUT2D eigenvalue weighted by Crippen LogP contribution is -2.54. The second kappa shape index (κ2) is 29.2. The lowest BCUT2D eigenvalue weighted by Gasteiger charge is -2.40. The van der Waals surface area contributed by atoms with Gasteiger partial charge in [-0.2, -0.15) is 0 Å². The molecule has 4 aliphatic rings. The van der Waals surface area contributed by atoms with Gasteiger partial charge in [0.1, 0.15) is 46.8 Å². The number of allylic oxidation sites excluding steroid dienone is 2. The molecule has 7 heterocycles. The van der Waals surface area contributed by atoms with Gasteiger partial charge in [0.15, 0.2) is 32.5 Å². The Morgan fingerprint density at radius 2 is 0.978 bits per heavy atom. The molecule has 1 fully saturated rings. The highest BCUT2D eigenvalue weighted by molar-refractivity contribution is 9.09. The smallest absolute Gasteiger partial charge is 0.338 e. The van der Waals surface area contributed by atoms with Crippen molar-refractivity contribution in [3.8, 4) is 0 Å². The van der Waals surface area contributed by atoms with Crippen LogP contribution in [-0.4, -0.2) is 130 Å². The predicted molar refractivity (Wildman–Crippen MR) is 330 cm³/mol. The number of carboxylic acid groups (broad SMARTS) is 1. The molecule has 470 valence electrons. The first kappa shape index (κ1) is 67.0. The number of likely N-dealkylation sites (tertiary alicyclic amines) is 1. The summed E-state index contributed by atoms with van der Waals surface area (Å²) in [6.45, 7) is 11.4. The lowest BCUT2D eigenvalue weighted by molar-refractivity contribution is -0.180. The van der Waals surface area contributed by atoms with Crippen molar-refractivity contribution in [2.45, 2.75) is 83.5 Å². The maximum Gasteiger partial charge on any atom is 0.338 e. The van der Waals surface area contributed by atoms with Crippen molar-refractivity contribution >= 4 is 91.3 Å². The van der Waals surface area contributed by atoms with Crippen LogP contribution in [0, 0.1) is 17.5 Å². The van der Waals surface area contributed by atoms with Gasteiger partial charge >= 0.3 is 23.9 Å². The van der Waals surface area contributed by atoms with Crippen molar-refractivity contribution in [1.29, 1.82) is 0 Å². The molecular formula is C61H62BrF5N10O9S3. The number of nitrogens with zero attached hydrogens (tertiary/aromatic N) is 7. The molecule has 10 rings (SSSR count). The molecule has 6 aromatic rings. The first-order valence-corrected chi connectivity index (χ1v) is 31.5.